The Morgan fingerprint density at radius 2 is 1.24 bits per heavy atom. The fourth-order valence-corrected chi connectivity index (χ4v) is 5.87. The first-order valence-electron chi connectivity index (χ1n) is 5.30. The van der Waals surface area contributed by atoms with Gasteiger partial charge < -0.3 is 4.13 Å². The second-order valence-electron chi connectivity index (χ2n) is 4.30. The van der Waals surface area contributed by atoms with Crippen LogP contribution in [0.2, 0.25) is 0 Å². The maximum atomic E-state index is 11.6. The molecule has 0 atom stereocenters. The van der Waals surface area contributed by atoms with E-state index in [-0.39, 0.29) is 9.79 Å². The first kappa shape index (κ1) is 11.2. The monoisotopic (exact) mass is 272 g/mol. The average Bonchev–Trinajstić information content (AvgIpc) is 2.43. The summed E-state index contributed by atoms with van der Waals surface area (Å²) < 4.78 is 49.4. The fraction of sp³-hybridized carbons (Fsp3) is 0.400. The number of hydrogen-bond donors (Lipinski definition) is 0. The Labute approximate surface area is 100.0 Å². The van der Waals surface area contributed by atoms with Gasteiger partial charge in [-0.2, -0.15) is 0 Å². The van der Waals surface area contributed by atoms with Crippen LogP contribution in [0.3, 0.4) is 0 Å². The molecule has 1 aromatic rings. The van der Waals surface area contributed by atoms with E-state index in [1.165, 1.54) is 12.1 Å². The van der Waals surface area contributed by atoms with Gasteiger partial charge in [0, 0.05) is 0 Å². The highest BCUT2D eigenvalue weighted by Gasteiger charge is 2.29. The van der Waals surface area contributed by atoms with E-state index in [2.05, 4.69) is 4.13 Å². The van der Waals surface area contributed by atoms with E-state index in [1.807, 2.05) is 0 Å². The van der Waals surface area contributed by atoms with Crippen LogP contribution in [0.25, 0.3) is 4.13 Å². The molecule has 2 aliphatic rings. The fourth-order valence-electron chi connectivity index (χ4n) is 2.35. The second-order valence-corrected chi connectivity index (χ2v) is 7.68. The molecular weight excluding hydrogens is 262 g/mol. The van der Waals surface area contributed by atoms with Crippen molar-refractivity contribution in [2.24, 2.45) is 0 Å². The minimum atomic E-state index is -4.01. The van der Waals surface area contributed by atoms with Gasteiger partial charge in [0.05, 0.1) is 9.79 Å². The van der Waals surface area contributed by atoms with Crippen molar-refractivity contribution in [2.75, 3.05) is 0 Å². The first-order chi connectivity index (χ1) is 7.90. The molecule has 5 nitrogen and oxygen atoms in total. The Hall–Kier alpha value is -0.920. The van der Waals surface area contributed by atoms with E-state index in [0.717, 1.165) is 36.8 Å². The van der Waals surface area contributed by atoms with E-state index < -0.39 is 20.0 Å². The van der Waals surface area contributed by atoms with Crippen LogP contribution >= 0.6 is 0 Å². The van der Waals surface area contributed by atoms with E-state index in [1.54, 1.807) is 0 Å². The van der Waals surface area contributed by atoms with Crippen LogP contribution in [-0.2, 0) is 32.9 Å². The van der Waals surface area contributed by atoms with Gasteiger partial charge in [-0.1, -0.05) is 0 Å². The third kappa shape index (κ3) is 1.61. The van der Waals surface area contributed by atoms with Gasteiger partial charge in [-0.3, -0.25) is 0 Å². The lowest BCUT2D eigenvalue weighted by Crippen LogP contribution is -2.05. The summed E-state index contributed by atoms with van der Waals surface area (Å²) in [6, 6.07) is 2.96. The van der Waals surface area contributed by atoms with E-state index in [9.17, 15) is 16.8 Å². The standard InChI is InChI=1S/C10H10NO4S2/c12-16(13)9-5-7-3-1-2-4-8(7)6-10(9)17(14,15)11-16/h5-6H,1-4H2/q-1. The van der Waals surface area contributed by atoms with Crippen molar-refractivity contribution in [1.82, 2.24) is 0 Å². The molecule has 0 spiro atoms. The van der Waals surface area contributed by atoms with Crippen LogP contribution in [0.1, 0.15) is 24.0 Å². The summed E-state index contributed by atoms with van der Waals surface area (Å²) in [5, 5.41) is 0. The predicted octanol–water partition coefficient (Wildman–Crippen LogP) is 1.33. The van der Waals surface area contributed by atoms with Crippen LogP contribution in [0.15, 0.2) is 21.9 Å². The van der Waals surface area contributed by atoms with Gasteiger partial charge in [0.1, 0.15) is 20.0 Å². The topological polar surface area (TPSA) is 82.4 Å². The summed E-state index contributed by atoms with van der Waals surface area (Å²) in [5.74, 6) is 0. The molecule has 0 bridgehead atoms. The Bertz CT molecular complexity index is 643. The molecule has 0 fully saturated rings. The minimum absolute atomic E-state index is 0.154. The number of benzene rings is 1. The molecule has 0 saturated heterocycles. The molecule has 0 unspecified atom stereocenters. The van der Waals surface area contributed by atoms with E-state index in [4.69, 9.17) is 0 Å². The first-order valence-corrected chi connectivity index (χ1v) is 8.18. The van der Waals surface area contributed by atoms with Crippen molar-refractivity contribution in [3.05, 3.63) is 27.4 Å². The highest BCUT2D eigenvalue weighted by molar-refractivity contribution is 8.14. The van der Waals surface area contributed by atoms with Gasteiger partial charge >= 0.3 is 0 Å². The van der Waals surface area contributed by atoms with Gasteiger partial charge in [0.25, 0.3) is 0 Å². The molecule has 0 saturated carbocycles. The largest absolute Gasteiger partial charge is 0.428 e. The quantitative estimate of drug-likeness (QED) is 0.713. The summed E-state index contributed by atoms with van der Waals surface area (Å²) in [7, 11) is -8.02. The maximum Gasteiger partial charge on any atom is 0.113 e. The van der Waals surface area contributed by atoms with Gasteiger partial charge in [-0.15, -0.1) is 0 Å². The number of sulfonamides is 2. The summed E-state index contributed by atoms with van der Waals surface area (Å²) in [5.41, 5.74) is 1.87. The molecule has 1 heterocycles. The zero-order chi connectivity index (χ0) is 12.3. The van der Waals surface area contributed by atoms with Crippen molar-refractivity contribution in [3.63, 3.8) is 0 Å². The highest BCUT2D eigenvalue weighted by atomic mass is 32.3. The summed E-state index contributed by atoms with van der Waals surface area (Å²) in [4.78, 5) is -0.309. The Kier molecular flexibility index (Phi) is 2.17. The summed E-state index contributed by atoms with van der Waals surface area (Å²) in [6.45, 7) is 0. The smallest absolute Gasteiger partial charge is 0.113 e. The lowest BCUT2D eigenvalue weighted by molar-refractivity contribution is 0.600. The van der Waals surface area contributed by atoms with Gasteiger partial charge in [0.15, 0.2) is 0 Å². The van der Waals surface area contributed by atoms with Crippen LogP contribution in [0.4, 0.5) is 0 Å². The Morgan fingerprint density at radius 1 is 0.824 bits per heavy atom. The molecule has 17 heavy (non-hydrogen) atoms. The minimum Gasteiger partial charge on any atom is -0.428 e. The molecule has 1 aromatic carbocycles. The van der Waals surface area contributed by atoms with Gasteiger partial charge in [0.2, 0.25) is 0 Å². The van der Waals surface area contributed by atoms with Crippen molar-refractivity contribution < 1.29 is 16.8 Å². The second kappa shape index (κ2) is 3.30. The normalized spacial score (nSPS) is 24.0. The van der Waals surface area contributed by atoms with Crippen LogP contribution in [0, 0.1) is 0 Å². The number of hydrogen-bond acceptors (Lipinski definition) is 4. The molecule has 0 amide bonds. The Morgan fingerprint density at radius 3 is 1.65 bits per heavy atom. The molecule has 0 radical (unpaired) electrons. The van der Waals surface area contributed by atoms with Gasteiger partial charge in [-0.25, -0.2) is 16.8 Å². The number of rotatable bonds is 0. The van der Waals surface area contributed by atoms with Gasteiger partial charge in [-0.05, 0) is 48.9 Å². The molecular formula is C10H10NO4S2-. The summed E-state index contributed by atoms with van der Waals surface area (Å²) in [6.07, 6.45) is 3.63. The Balaban J connectivity index is 2.36. The zero-order valence-corrected chi connectivity index (χ0v) is 10.5. The summed E-state index contributed by atoms with van der Waals surface area (Å²) >= 11 is 0. The molecule has 0 aromatic heterocycles. The van der Waals surface area contributed by atoms with Crippen LogP contribution < -0.4 is 0 Å². The third-order valence-electron chi connectivity index (χ3n) is 3.16. The molecule has 92 valence electrons. The maximum absolute atomic E-state index is 11.6. The van der Waals surface area contributed by atoms with E-state index in [0.29, 0.717) is 0 Å². The SMILES string of the molecule is O=S1(=O)[N-]S(=O)(=O)c2cc3c(cc21)CCCC3. The molecule has 0 N–H and O–H groups in total. The molecule has 7 heteroatoms. The predicted molar refractivity (Wildman–Crippen MR) is 60.8 cm³/mol. The average molecular weight is 272 g/mol. The number of nitrogens with zero attached hydrogens (tertiary/aromatic N) is 1. The van der Waals surface area contributed by atoms with Crippen molar-refractivity contribution in [1.29, 1.82) is 0 Å². The third-order valence-corrected chi connectivity index (χ3v) is 6.65. The number of fused-ring (bicyclic) bond motifs is 2. The van der Waals surface area contributed by atoms with Crippen molar-refractivity contribution >= 4 is 20.0 Å². The van der Waals surface area contributed by atoms with Crippen molar-refractivity contribution in [3.8, 4) is 0 Å². The molecule has 1 aliphatic heterocycles. The molecule has 1 aliphatic carbocycles. The lowest BCUT2D eigenvalue weighted by atomic mass is 9.92. The highest BCUT2D eigenvalue weighted by Crippen LogP contribution is 2.40. The molecule has 3 rings (SSSR count). The van der Waals surface area contributed by atoms with Crippen molar-refractivity contribution in [2.45, 2.75) is 35.5 Å². The van der Waals surface area contributed by atoms with Crippen LogP contribution in [-0.4, -0.2) is 16.8 Å². The zero-order valence-electron chi connectivity index (χ0n) is 8.88. The van der Waals surface area contributed by atoms with Crippen LogP contribution in [0.5, 0.6) is 0 Å². The van der Waals surface area contributed by atoms with E-state index >= 15 is 0 Å². The number of aryl methyl sites for hydroxylation is 2. The lowest BCUT2D eigenvalue weighted by Gasteiger charge is -2.16.